The van der Waals surface area contributed by atoms with E-state index in [4.69, 9.17) is 9.47 Å². The van der Waals surface area contributed by atoms with Gasteiger partial charge in [0, 0.05) is 18.8 Å². The average molecular weight is 405 g/mol. The summed E-state index contributed by atoms with van der Waals surface area (Å²) in [7, 11) is 0. The van der Waals surface area contributed by atoms with Crippen LogP contribution < -0.4 is 10.1 Å². The molecular weight excluding hydrogens is 364 g/mol. The number of benzene rings is 1. The molecule has 0 aliphatic carbocycles. The largest absolute Gasteiger partial charge is 0.492 e. The summed E-state index contributed by atoms with van der Waals surface area (Å²) in [6.45, 7) is 10.7. The molecule has 1 heterocycles. The predicted octanol–water partition coefficient (Wildman–Crippen LogP) is 5.26. The van der Waals surface area contributed by atoms with E-state index in [9.17, 15) is 4.79 Å². The monoisotopic (exact) mass is 404 g/mol. The molecule has 1 saturated heterocycles. The van der Waals surface area contributed by atoms with Crippen molar-refractivity contribution in [2.75, 3.05) is 38.2 Å². The van der Waals surface area contributed by atoms with Crippen LogP contribution in [0.3, 0.4) is 0 Å². The lowest BCUT2D eigenvalue weighted by Gasteiger charge is -2.28. The Morgan fingerprint density at radius 3 is 2.34 bits per heavy atom. The van der Waals surface area contributed by atoms with Crippen molar-refractivity contribution >= 4 is 11.6 Å². The van der Waals surface area contributed by atoms with E-state index in [1.807, 2.05) is 31.2 Å². The Morgan fingerprint density at radius 1 is 1.03 bits per heavy atom. The van der Waals surface area contributed by atoms with Crippen LogP contribution in [0.15, 0.2) is 24.3 Å². The Balaban J connectivity index is 1.82. The van der Waals surface area contributed by atoms with Crippen LogP contribution in [0.4, 0.5) is 5.69 Å². The van der Waals surface area contributed by atoms with Crippen LogP contribution in [0.2, 0.25) is 0 Å². The molecule has 1 N–H and O–H groups in total. The Hall–Kier alpha value is -1.59. The first-order chi connectivity index (χ1) is 14.1. The fraction of sp³-hybridized carbons (Fsp3) is 0.708. The summed E-state index contributed by atoms with van der Waals surface area (Å²) >= 11 is 0. The maximum absolute atomic E-state index is 12.8. The number of anilines is 1. The van der Waals surface area contributed by atoms with E-state index < -0.39 is 5.60 Å². The second-order valence-corrected chi connectivity index (χ2v) is 8.27. The smallest absolute Gasteiger partial charge is 0.256 e. The van der Waals surface area contributed by atoms with Crippen molar-refractivity contribution in [1.82, 2.24) is 4.90 Å². The van der Waals surface area contributed by atoms with Gasteiger partial charge >= 0.3 is 0 Å². The third-order valence-corrected chi connectivity index (χ3v) is 5.60. The SMILES string of the molecule is CCCCC(C)(OCCC)C(=O)Nc1ccc(OCCN2CCCCCC2)cc1. The Labute approximate surface area is 177 Å². The molecule has 0 aromatic heterocycles. The van der Waals surface area contributed by atoms with Gasteiger partial charge in [0.2, 0.25) is 0 Å². The zero-order chi connectivity index (χ0) is 21.0. The number of nitrogens with zero attached hydrogens (tertiary/aromatic N) is 1. The number of rotatable bonds is 12. The lowest BCUT2D eigenvalue weighted by atomic mass is 9.97. The zero-order valence-electron chi connectivity index (χ0n) is 18.7. The zero-order valence-corrected chi connectivity index (χ0v) is 18.7. The first-order valence-electron chi connectivity index (χ1n) is 11.5. The van der Waals surface area contributed by atoms with Crippen molar-refractivity contribution < 1.29 is 14.3 Å². The summed E-state index contributed by atoms with van der Waals surface area (Å²) in [5, 5.41) is 3.01. The van der Waals surface area contributed by atoms with E-state index >= 15 is 0 Å². The topological polar surface area (TPSA) is 50.8 Å². The van der Waals surface area contributed by atoms with Crippen molar-refractivity contribution in [2.24, 2.45) is 0 Å². The van der Waals surface area contributed by atoms with Gasteiger partial charge in [-0.3, -0.25) is 9.69 Å². The first kappa shape index (κ1) is 23.7. The molecule has 1 aliphatic rings. The van der Waals surface area contributed by atoms with Crippen molar-refractivity contribution in [3.63, 3.8) is 0 Å². The molecule has 1 amide bonds. The second-order valence-electron chi connectivity index (χ2n) is 8.27. The van der Waals surface area contributed by atoms with Crippen LogP contribution in [0.1, 0.15) is 72.1 Å². The average Bonchev–Trinajstić information content (AvgIpc) is 3.01. The minimum absolute atomic E-state index is 0.0748. The van der Waals surface area contributed by atoms with Gasteiger partial charge in [-0.2, -0.15) is 0 Å². The lowest BCUT2D eigenvalue weighted by Crippen LogP contribution is -2.43. The second kappa shape index (κ2) is 12.9. The molecule has 0 spiro atoms. The summed E-state index contributed by atoms with van der Waals surface area (Å²) in [5.74, 6) is 0.767. The van der Waals surface area contributed by atoms with Gasteiger partial charge in [-0.25, -0.2) is 0 Å². The van der Waals surface area contributed by atoms with Gasteiger partial charge in [-0.05, 0) is 70.0 Å². The van der Waals surface area contributed by atoms with E-state index in [1.54, 1.807) is 0 Å². The molecule has 0 bridgehead atoms. The van der Waals surface area contributed by atoms with E-state index in [2.05, 4.69) is 24.1 Å². The molecule has 1 fully saturated rings. The molecule has 0 radical (unpaired) electrons. The van der Waals surface area contributed by atoms with Crippen LogP contribution in [0.25, 0.3) is 0 Å². The molecule has 2 rings (SSSR count). The molecule has 1 aromatic rings. The highest BCUT2D eigenvalue weighted by Gasteiger charge is 2.33. The molecule has 5 nitrogen and oxygen atoms in total. The van der Waals surface area contributed by atoms with Crippen molar-refractivity contribution in [3.05, 3.63) is 24.3 Å². The molecule has 1 atom stereocenters. The summed E-state index contributed by atoms with van der Waals surface area (Å²) in [6.07, 6.45) is 8.95. The third kappa shape index (κ3) is 8.35. The van der Waals surface area contributed by atoms with Gasteiger partial charge in [-0.15, -0.1) is 0 Å². The van der Waals surface area contributed by atoms with Gasteiger partial charge in [0.1, 0.15) is 18.0 Å². The Kier molecular flexibility index (Phi) is 10.5. The van der Waals surface area contributed by atoms with Gasteiger partial charge in [0.15, 0.2) is 0 Å². The molecule has 1 unspecified atom stereocenters. The van der Waals surface area contributed by atoms with Crippen molar-refractivity contribution in [3.8, 4) is 5.75 Å². The van der Waals surface area contributed by atoms with Crippen LogP contribution in [-0.4, -0.2) is 49.3 Å². The molecule has 1 aromatic carbocycles. The molecule has 164 valence electrons. The summed E-state index contributed by atoms with van der Waals surface area (Å²) in [5.41, 5.74) is -0.00775. The molecular formula is C24H40N2O3. The summed E-state index contributed by atoms with van der Waals surface area (Å²) in [6, 6.07) is 7.65. The van der Waals surface area contributed by atoms with Gasteiger partial charge in [0.05, 0.1) is 0 Å². The van der Waals surface area contributed by atoms with Crippen LogP contribution in [0, 0.1) is 0 Å². The Morgan fingerprint density at radius 2 is 1.72 bits per heavy atom. The highest BCUT2D eigenvalue weighted by atomic mass is 16.5. The fourth-order valence-corrected chi connectivity index (χ4v) is 3.64. The number of hydrogen-bond donors (Lipinski definition) is 1. The highest BCUT2D eigenvalue weighted by molar-refractivity contribution is 5.97. The number of hydrogen-bond acceptors (Lipinski definition) is 4. The summed E-state index contributed by atoms with van der Waals surface area (Å²) < 4.78 is 11.8. The fourth-order valence-electron chi connectivity index (χ4n) is 3.64. The molecule has 0 saturated carbocycles. The van der Waals surface area contributed by atoms with Gasteiger partial charge < -0.3 is 14.8 Å². The predicted molar refractivity (Wildman–Crippen MR) is 120 cm³/mol. The minimum Gasteiger partial charge on any atom is -0.492 e. The van der Waals surface area contributed by atoms with E-state index in [1.165, 1.54) is 38.8 Å². The quantitative estimate of drug-likeness (QED) is 0.516. The van der Waals surface area contributed by atoms with Crippen LogP contribution >= 0.6 is 0 Å². The molecule has 29 heavy (non-hydrogen) atoms. The van der Waals surface area contributed by atoms with Crippen LogP contribution in [-0.2, 0) is 9.53 Å². The van der Waals surface area contributed by atoms with Crippen molar-refractivity contribution in [1.29, 1.82) is 0 Å². The number of carbonyl (C=O) groups is 1. The van der Waals surface area contributed by atoms with E-state index in [0.29, 0.717) is 13.2 Å². The number of amides is 1. The van der Waals surface area contributed by atoms with Gasteiger partial charge in [0.25, 0.3) is 5.91 Å². The normalized spacial score (nSPS) is 17.3. The number of nitrogens with one attached hydrogen (secondary N) is 1. The number of likely N-dealkylation sites (tertiary alicyclic amines) is 1. The Bertz CT molecular complexity index is 572. The van der Waals surface area contributed by atoms with Gasteiger partial charge in [-0.1, -0.05) is 39.5 Å². The number of carbonyl (C=O) groups excluding carboxylic acids is 1. The number of unbranched alkanes of at least 4 members (excludes halogenated alkanes) is 1. The molecule has 1 aliphatic heterocycles. The maximum Gasteiger partial charge on any atom is 0.256 e. The third-order valence-electron chi connectivity index (χ3n) is 5.60. The van der Waals surface area contributed by atoms with Crippen LogP contribution in [0.5, 0.6) is 5.75 Å². The summed E-state index contributed by atoms with van der Waals surface area (Å²) in [4.78, 5) is 15.3. The van der Waals surface area contributed by atoms with E-state index in [-0.39, 0.29) is 5.91 Å². The maximum atomic E-state index is 12.8. The lowest BCUT2D eigenvalue weighted by molar-refractivity contribution is -0.140. The van der Waals surface area contributed by atoms with E-state index in [0.717, 1.165) is 43.7 Å². The molecule has 5 heteroatoms. The first-order valence-corrected chi connectivity index (χ1v) is 11.5. The number of ether oxygens (including phenoxy) is 2. The standard InChI is InChI=1S/C24H40N2O3/c1-4-6-15-24(3,29-19-5-2)23(27)25-21-11-13-22(14-12-21)28-20-18-26-16-9-7-8-10-17-26/h11-14H,4-10,15-20H2,1-3H3,(H,25,27). The minimum atomic E-state index is -0.783. The highest BCUT2D eigenvalue weighted by Crippen LogP contribution is 2.23. The van der Waals surface area contributed by atoms with Crippen molar-refractivity contribution in [2.45, 2.75) is 77.7 Å².